The van der Waals surface area contributed by atoms with Gasteiger partial charge in [0.05, 0.1) is 11.4 Å². The maximum atomic E-state index is 11.8. The molecule has 0 bridgehead atoms. The Labute approximate surface area is 153 Å². The number of hydrogen-bond donors (Lipinski definition) is 2. The highest BCUT2D eigenvalue weighted by Gasteiger charge is 2.25. The number of carboxylic acids is 1. The molecule has 1 unspecified atom stereocenters. The molecule has 2 aromatic rings. The second-order valence-electron chi connectivity index (χ2n) is 5.00. The lowest BCUT2D eigenvalue weighted by Crippen LogP contribution is -2.24. The summed E-state index contributed by atoms with van der Waals surface area (Å²) in [5.74, 6) is -1.68. The first kappa shape index (κ1) is 18.9. The number of fused-ring (bicyclic) bond motifs is 1. The fourth-order valence-electron chi connectivity index (χ4n) is 2.14. The minimum absolute atomic E-state index is 0.420. The molecule has 0 aliphatic carbocycles. The van der Waals surface area contributed by atoms with Crippen LogP contribution in [-0.4, -0.2) is 28.9 Å². The van der Waals surface area contributed by atoms with Gasteiger partial charge in [-0.15, -0.1) is 0 Å². The number of hydrogen-bond acceptors (Lipinski definition) is 5. The lowest BCUT2D eigenvalue weighted by Gasteiger charge is -2.11. The van der Waals surface area contributed by atoms with Crippen LogP contribution in [0, 0.1) is 0 Å². The topological polar surface area (TPSA) is 102 Å². The van der Waals surface area contributed by atoms with E-state index in [9.17, 15) is 9.90 Å². The van der Waals surface area contributed by atoms with Gasteiger partial charge in [0.15, 0.2) is 0 Å². The molecule has 0 saturated carbocycles. The van der Waals surface area contributed by atoms with E-state index >= 15 is 0 Å². The van der Waals surface area contributed by atoms with E-state index < -0.39 is 18.1 Å². The number of nitrogens with one attached hydrogen (secondary N) is 1. The number of halogens is 2. The lowest BCUT2D eigenvalue weighted by atomic mass is 10.0. The summed E-state index contributed by atoms with van der Waals surface area (Å²) < 4.78 is 0. The number of rotatable bonds is 1. The molecule has 2 aromatic carbocycles. The maximum Gasteiger partial charge on any atom is 0.276 e. The predicted octanol–water partition coefficient (Wildman–Crippen LogP) is 1.86. The molecule has 0 aromatic heterocycles. The molecule has 1 atom stereocenters. The van der Waals surface area contributed by atoms with Crippen molar-refractivity contribution in [1.82, 2.24) is 0 Å². The zero-order chi connectivity index (χ0) is 18.6. The quantitative estimate of drug-likeness (QED) is 0.789. The Bertz CT molecular complexity index is 848. The van der Waals surface area contributed by atoms with Gasteiger partial charge < -0.3 is 20.3 Å². The first-order chi connectivity index (χ1) is 11.8. The minimum atomic E-state index is -1.50. The molecule has 0 spiro atoms. The first-order valence-electron chi connectivity index (χ1n) is 7.08. The number of carbonyl (C=O) groups is 2. The summed E-state index contributed by atoms with van der Waals surface area (Å²) in [5.41, 5.74) is 2.18. The number of nitrogens with zero attached hydrogens (tertiary/aromatic N) is 1. The molecule has 0 radical (unpaired) electrons. The van der Waals surface area contributed by atoms with Gasteiger partial charge in [-0.3, -0.25) is 4.79 Å². The molecule has 6 nitrogen and oxygen atoms in total. The third-order valence-corrected chi connectivity index (χ3v) is 3.67. The molecule has 3 rings (SSSR count). The smallest absolute Gasteiger partial charge is 0.276 e. The fraction of sp³-hybridized carbons (Fsp3) is 0.118. The van der Waals surface area contributed by atoms with Gasteiger partial charge in [-0.25, -0.2) is 4.99 Å². The van der Waals surface area contributed by atoms with E-state index in [2.05, 4.69) is 10.3 Å². The van der Waals surface area contributed by atoms with Crippen molar-refractivity contribution in [2.75, 3.05) is 5.32 Å². The number of carbonyl (C=O) groups excluding carboxylic acids is 2. The Morgan fingerprint density at radius 3 is 2.48 bits per heavy atom. The Morgan fingerprint density at radius 2 is 1.84 bits per heavy atom. The highest BCUT2D eigenvalue weighted by atomic mass is 35.5. The summed E-state index contributed by atoms with van der Waals surface area (Å²) in [4.78, 5) is 24.8. The van der Waals surface area contributed by atoms with E-state index in [1.54, 1.807) is 42.5 Å². The van der Waals surface area contributed by atoms with Crippen LogP contribution in [0.1, 0.15) is 18.1 Å². The molecular weight excluding hydrogens is 367 g/mol. The molecule has 25 heavy (non-hydrogen) atoms. The van der Waals surface area contributed by atoms with Crippen LogP contribution in [0.15, 0.2) is 47.5 Å². The molecule has 130 valence electrons. The van der Waals surface area contributed by atoms with Crippen molar-refractivity contribution in [1.29, 1.82) is 0 Å². The van der Waals surface area contributed by atoms with E-state index in [0.717, 1.165) is 6.92 Å². The summed E-state index contributed by atoms with van der Waals surface area (Å²) in [7, 11) is 0. The van der Waals surface area contributed by atoms with Crippen LogP contribution in [0.2, 0.25) is 10.0 Å². The highest BCUT2D eigenvalue weighted by molar-refractivity contribution is 6.36. The zero-order valence-corrected chi connectivity index (χ0v) is 14.5. The van der Waals surface area contributed by atoms with Crippen LogP contribution in [0.3, 0.4) is 0 Å². The van der Waals surface area contributed by atoms with Crippen LogP contribution in [-0.2, 0) is 9.59 Å². The standard InChI is InChI=1S/C15H10Cl2N2O2.C2H4O2/c16-8-5-6-12-10(7-8)13(19-15(21)14(20)18-12)9-3-1-2-4-11(9)17;1-2(3)4/h1-7,15,21H,(H,18,20);1H3,(H,3,4)/p-1. The fourth-order valence-corrected chi connectivity index (χ4v) is 2.53. The van der Waals surface area contributed by atoms with Crippen molar-refractivity contribution in [3.63, 3.8) is 0 Å². The van der Waals surface area contributed by atoms with Gasteiger partial charge in [-0.2, -0.15) is 0 Å². The van der Waals surface area contributed by atoms with E-state index in [1.165, 1.54) is 0 Å². The third kappa shape index (κ3) is 4.79. The summed E-state index contributed by atoms with van der Waals surface area (Å²) in [6.07, 6.45) is -1.50. The second-order valence-corrected chi connectivity index (χ2v) is 5.85. The van der Waals surface area contributed by atoms with Crippen LogP contribution in [0.4, 0.5) is 5.69 Å². The average Bonchev–Trinajstić information content (AvgIpc) is 2.65. The Morgan fingerprint density at radius 1 is 1.20 bits per heavy atom. The number of aliphatic imine (C=N–C) groups is 1. The molecule has 2 N–H and O–H groups in total. The number of aliphatic hydroxyl groups excluding tert-OH is 1. The van der Waals surface area contributed by atoms with Gasteiger partial charge in [0, 0.05) is 27.1 Å². The molecule has 1 amide bonds. The number of benzodiazepines with no additional fused rings is 1. The molecule has 1 aliphatic heterocycles. The summed E-state index contributed by atoms with van der Waals surface area (Å²) in [6, 6.07) is 12.1. The van der Waals surface area contributed by atoms with Crippen LogP contribution >= 0.6 is 23.2 Å². The van der Waals surface area contributed by atoms with Crippen molar-refractivity contribution in [3.8, 4) is 0 Å². The summed E-state index contributed by atoms with van der Waals surface area (Å²) >= 11 is 12.2. The number of amides is 1. The lowest BCUT2D eigenvalue weighted by molar-refractivity contribution is -0.302. The number of benzene rings is 2. The third-order valence-electron chi connectivity index (χ3n) is 3.11. The predicted molar refractivity (Wildman–Crippen MR) is 93.9 cm³/mol. The van der Waals surface area contributed by atoms with Gasteiger partial charge in [0.1, 0.15) is 0 Å². The van der Waals surface area contributed by atoms with Crippen molar-refractivity contribution in [2.24, 2.45) is 4.99 Å². The number of carboxylic acid groups (broad SMARTS) is 1. The molecule has 0 saturated heterocycles. The van der Waals surface area contributed by atoms with Crippen LogP contribution in [0.25, 0.3) is 0 Å². The van der Waals surface area contributed by atoms with E-state index in [-0.39, 0.29) is 0 Å². The Kier molecular flexibility index (Phi) is 6.14. The normalized spacial score (nSPS) is 15.8. The summed E-state index contributed by atoms with van der Waals surface area (Å²) in [6.45, 7) is 0.972. The van der Waals surface area contributed by atoms with Gasteiger partial charge in [-0.05, 0) is 31.2 Å². The van der Waals surface area contributed by atoms with Gasteiger partial charge in [-0.1, -0.05) is 41.4 Å². The van der Waals surface area contributed by atoms with Crippen molar-refractivity contribution >= 4 is 46.5 Å². The highest BCUT2D eigenvalue weighted by Crippen LogP contribution is 2.29. The SMILES string of the molecule is CC(=O)[O-].O=C1Nc2ccc(Cl)cc2C(c2ccccc2Cl)=NC1O. The number of aliphatic carboxylic acids is 1. The number of aliphatic hydroxyl groups is 1. The van der Waals surface area contributed by atoms with Gasteiger partial charge in [0.2, 0.25) is 6.23 Å². The van der Waals surface area contributed by atoms with Crippen LogP contribution in [0.5, 0.6) is 0 Å². The second kappa shape index (κ2) is 8.11. The monoisotopic (exact) mass is 379 g/mol. The van der Waals surface area contributed by atoms with Crippen molar-refractivity contribution in [2.45, 2.75) is 13.2 Å². The zero-order valence-electron chi connectivity index (χ0n) is 13.0. The minimum Gasteiger partial charge on any atom is -0.550 e. The van der Waals surface area contributed by atoms with E-state index in [0.29, 0.717) is 32.6 Å². The van der Waals surface area contributed by atoms with Crippen molar-refractivity contribution in [3.05, 3.63) is 63.6 Å². The molecule has 0 fully saturated rings. The first-order valence-corrected chi connectivity index (χ1v) is 7.84. The molecule has 1 heterocycles. The van der Waals surface area contributed by atoms with Gasteiger partial charge >= 0.3 is 0 Å². The largest absolute Gasteiger partial charge is 0.550 e. The van der Waals surface area contributed by atoms with Crippen molar-refractivity contribution < 1.29 is 19.8 Å². The Hall–Kier alpha value is -2.41. The van der Waals surface area contributed by atoms with Crippen LogP contribution < -0.4 is 10.4 Å². The average molecular weight is 380 g/mol. The molecular formula is C17H13Cl2N2O4-. The number of anilines is 1. The van der Waals surface area contributed by atoms with Gasteiger partial charge in [0.25, 0.3) is 5.91 Å². The van der Waals surface area contributed by atoms with E-state index in [1.807, 2.05) is 0 Å². The molecule has 1 aliphatic rings. The Balaban J connectivity index is 0.000000511. The van der Waals surface area contributed by atoms with E-state index in [4.69, 9.17) is 33.1 Å². The molecule has 8 heteroatoms. The maximum absolute atomic E-state index is 11.8. The summed E-state index contributed by atoms with van der Waals surface area (Å²) in [5, 5.41) is 22.3.